The number of hydrogen-bond acceptors (Lipinski definition) is 5. The zero-order valence-electron chi connectivity index (χ0n) is 15.6. The lowest BCUT2D eigenvalue weighted by Crippen LogP contribution is -2.51. The summed E-state index contributed by atoms with van der Waals surface area (Å²) in [7, 11) is 0. The highest BCUT2D eigenvalue weighted by Crippen LogP contribution is 2.56. The SMILES string of the molecule is CC(=O)N1N=C(c2cc(F)ccc2F)S[C@]12c1cc(F)ccc1NC[C@H]2CCN. The number of hydrogen-bond donors (Lipinski definition) is 2. The average Bonchev–Trinajstić information content (AvgIpc) is 3.08. The third kappa shape index (κ3) is 3.18. The first-order valence-corrected chi connectivity index (χ1v) is 9.96. The van der Waals surface area contributed by atoms with Crippen molar-refractivity contribution in [1.82, 2.24) is 5.01 Å². The molecule has 0 aliphatic carbocycles. The Morgan fingerprint density at radius 2 is 2.00 bits per heavy atom. The Labute approximate surface area is 170 Å². The van der Waals surface area contributed by atoms with Crippen molar-refractivity contribution in [3.8, 4) is 0 Å². The molecule has 2 atom stereocenters. The van der Waals surface area contributed by atoms with Gasteiger partial charge in [0.15, 0.2) is 0 Å². The van der Waals surface area contributed by atoms with Gasteiger partial charge in [0.1, 0.15) is 27.4 Å². The van der Waals surface area contributed by atoms with Crippen LogP contribution in [0, 0.1) is 23.4 Å². The lowest BCUT2D eigenvalue weighted by atomic mass is 9.84. The second-order valence-corrected chi connectivity index (χ2v) is 8.22. The molecule has 5 nitrogen and oxygen atoms in total. The molecule has 2 aromatic rings. The molecule has 0 saturated heterocycles. The van der Waals surface area contributed by atoms with E-state index in [-0.39, 0.29) is 22.4 Å². The van der Waals surface area contributed by atoms with E-state index in [2.05, 4.69) is 10.4 Å². The summed E-state index contributed by atoms with van der Waals surface area (Å²) in [5, 5.41) is 9.04. The first-order valence-electron chi connectivity index (χ1n) is 9.14. The first-order chi connectivity index (χ1) is 13.9. The number of nitrogens with zero attached hydrogens (tertiary/aromatic N) is 2. The molecule has 9 heteroatoms. The van der Waals surface area contributed by atoms with Crippen LogP contribution in [0.3, 0.4) is 0 Å². The van der Waals surface area contributed by atoms with E-state index in [4.69, 9.17) is 5.73 Å². The van der Waals surface area contributed by atoms with E-state index in [1.807, 2.05) is 0 Å². The average molecular weight is 420 g/mol. The molecular weight excluding hydrogens is 401 g/mol. The van der Waals surface area contributed by atoms with E-state index in [1.54, 1.807) is 6.07 Å². The third-order valence-electron chi connectivity index (χ3n) is 5.19. The number of halogens is 3. The summed E-state index contributed by atoms with van der Waals surface area (Å²) < 4.78 is 42.4. The van der Waals surface area contributed by atoms with Crippen LogP contribution in [-0.4, -0.2) is 29.0 Å². The molecule has 0 radical (unpaired) electrons. The summed E-state index contributed by atoms with van der Waals surface area (Å²) in [4.78, 5) is 11.5. The quantitative estimate of drug-likeness (QED) is 0.796. The Balaban J connectivity index is 1.91. The topological polar surface area (TPSA) is 70.7 Å². The Morgan fingerprint density at radius 1 is 1.28 bits per heavy atom. The predicted molar refractivity (Wildman–Crippen MR) is 107 cm³/mol. The van der Waals surface area contributed by atoms with Crippen LogP contribution in [0.4, 0.5) is 18.9 Å². The molecule has 0 fully saturated rings. The van der Waals surface area contributed by atoms with E-state index in [0.717, 1.165) is 30.0 Å². The molecule has 2 aliphatic rings. The van der Waals surface area contributed by atoms with E-state index in [0.29, 0.717) is 30.8 Å². The van der Waals surface area contributed by atoms with Gasteiger partial charge < -0.3 is 11.1 Å². The van der Waals surface area contributed by atoms with Crippen LogP contribution in [0.2, 0.25) is 0 Å². The largest absolute Gasteiger partial charge is 0.384 e. The fraction of sp³-hybridized carbons (Fsp3) is 0.300. The molecule has 0 aromatic heterocycles. The molecule has 29 heavy (non-hydrogen) atoms. The molecule has 152 valence electrons. The minimum absolute atomic E-state index is 0.0406. The number of carbonyl (C=O) groups is 1. The minimum Gasteiger partial charge on any atom is -0.384 e. The molecule has 2 aliphatic heterocycles. The number of rotatable bonds is 3. The maximum Gasteiger partial charge on any atom is 0.241 e. The van der Waals surface area contributed by atoms with Crippen molar-refractivity contribution in [2.24, 2.45) is 16.8 Å². The third-order valence-corrected chi connectivity index (χ3v) is 6.72. The Morgan fingerprint density at radius 3 is 2.72 bits per heavy atom. The number of carbonyl (C=O) groups excluding carboxylic acids is 1. The molecule has 0 saturated carbocycles. The summed E-state index contributed by atoms with van der Waals surface area (Å²) >= 11 is 1.13. The van der Waals surface area contributed by atoms with Gasteiger partial charge in [-0.2, -0.15) is 5.10 Å². The number of nitrogens with one attached hydrogen (secondary N) is 1. The van der Waals surface area contributed by atoms with Crippen molar-refractivity contribution in [3.05, 3.63) is 65.0 Å². The monoisotopic (exact) mass is 420 g/mol. The van der Waals surface area contributed by atoms with Gasteiger partial charge >= 0.3 is 0 Å². The van der Waals surface area contributed by atoms with Gasteiger partial charge in [-0.05, 0) is 49.4 Å². The molecule has 4 rings (SSSR count). The van der Waals surface area contributed by atoms with Gasteiger partial charge in [-0.1, -0.05) is 11.8 Å². The van der Waals surface area contributed by atoms with Crippen LogP contribution in [0.5, 0.6) is 0 Å². The van der Waals surface area contributed by atoms with Gasteiger partial charge in [0, 0.05) is 36.2 Å². The lowest BCUT2D eigenvalue weighted by molar-refractivity contribution is -0.133. The number of amides is 1. The number of anilines is 1. The van der Waals surface area contributed by atoms with Gasteiger partial charge in [0.05, 0.1) is 0 Å². The van der Waals surface area contributed by atoms with Crippen LogP contribution in [0.1, 0.15) is 24.5 Å². The standard InChI is InChI=1S/C20H19F3N4OS/c1-11(28)27-20(29-19(26-27)15-8-13(21)2-4-17(15)23)12(6-7-24)10-25-18-5-3-14(22)9-16(18)20/h2-5,8-9,12,25H,6-7,10,24H2,1H3/t12-,20-/m1/s1. The van der Waals surface area contributed by atoms with Crippen LogP contribution in [0.15, 0.2) is 41.5 Å². The van der Waals surface area contributed by atoms with Crippen molar-refractivity contribution in [2.45, 2.75) is 18.2 Å². The maximum absolute atomic E-state index is 14.5. The number of hydrazone groups is 1. The molecule has 1 amide bonds. The molecule has 2 aromatic carbocycles. The summed E-state index contributed by atoms with van der Waals surface area (Å²) in [6.45, 7) is 2.16. The predicted octanol–water partition coefficient (Wildman–Crippen LogP) is 3.60. The molecule has 3 N–H and O–H groups in total. The highest BCUT2D eigenvalue weighted by atomic mass is 32.2. The molecule has 0 unspecified atom stereocenters. The lowest BCUT2D eigenvalue weighted by Gasteiger charge is -2.46. The van der Waals surface area contributed by atoms with Gasteiger partial charge in [-0.25, -0.2) is 18.2 Å². The molecule has 1 spiro atoms. The van der Waals surface area contributed by atoms with Crippen LogP contribution < -0.4 is 11.1 Å². The number of thioether (sulfide) groups is 1. The van der Waals surface area contributed by atoms with Gasteiger partial charge in [0.2, 0.25) is 5.91 Å². The van der Waals surface area contributed by atoms with Gasteiger partial charge in [-0.3, -0.25) is 4.79 Å². The summed E-state index contributed by atoms with van der Waals surface area (Å²) in [5.41, 5.74) is 6.96. The first kappa shape index (κ1) is 19.8. The summed E-state index contributed by atoms with van der Waals surface area (Å²) in [6.07, 6.45) is 0.522. The van der Waals surface area contributed by atoms with Crippen molar-refractivity contribution in [3.63, 3.8) is 0 Å². The zero-order chi connectivity index (χ0) is 20.8. The minimum atomic E-state index is -1.11. The van der Waals surface area contributed by atoms with Gasteiger partial charge in [0.25, 0.3) is 0 Å². The van der Waals surface area contributed by atoms with Crippen LogP contribution in [-0.2, 0) is 9.67 Å². The molecular formula is C20H19F3N4OS. The Kier molecular flexibility index (Phi) is 5.04. The number of benzene rings is 2. The highest BCUT2D eigenvalue weighted by Gasteiger charge is 2.55. The maximum atomic E-state index is 14.5. The highest BCUT2D eigenvalue weighted by molar-refractivity contribution is 8.15. The Hall–Kier alpha value is -2.52. The number of fused-ring (bicyclic) bond motifs is 2. The second-order valence-electron chi connectivity index (χ2n) is 7.00. The summed E-state index contributed by atoms with van der Waals surface area (Å²) in [5.74, 6) is -2.35. The van der Waals surface area contributed by atoms with E-state index >= 15 is 0 Å². The molecule has 0 bridgehead atoms. The van der Waals surface area contributed by atoms with Crippen LogP contribution in [0.25, 0.3) is 0 Å². The smallest absolute Gasteiger partial charge is 0.241 e. The van der Waals surface area contributed by atoms with Crippen LogP contribution >= 0.6 is 11.8 Å². The van der Waals surface area contributed by atoms with E-state index < -0.39 is 22.3 Å². The van der Waals surface area contributed by atoms with E-state index in [1.165, 1.54) is 24.1 Å². The van der Waals surface area contributed by atoms with Crippen molar-refractivity contribution in [1.29, 1.82) is 0 Å². The number of nitrogens with two attached hydrogens (primary N) is 1. The molecule has 2 heterocycles. The van der Waals surface area contributed by atoms with Crippen molar-refractivity contribution < 1.29 is 18.0 Å². The van der Waals surface area contributed by atoms with Crippen molar-refractivity contribution >= 4 is 28.4 Å². The van der Waals surface area contributed by atoms with E-state index in [9.17, 15) is 18.0 Å². The zero-order valence-corrected chi connectivity index (χ0v) is 16.4. The fourth-order valence-corrected chi connectivity index (χ4v) is 5.52. The Bertz CT molecular complexity index is 1020. The second kappa shape index (κ2) is 7.38. The van der Waals surface area contributed by atoms with Gasteiger partial charge in [-0.15, -0.1) is 0 Å². The normalized spacial score (nSPS) is 23.0. The summed E-state index contributed by atoms with van der Waals surface area (Å²) in [6, 6.07) is 7.37. The van der Waals surface area contributed by atoms with Crippen molar-refractivity contribution in [2.75, 3.05) is 18.4 Å². The fourth-order valence-electron chi connectivity index (χ4n) is 3.93.